The molecule has 5 rings (SSSR count). The van der Waals surface area contributed by atoms with Crippen LogP contribution in [0.5, 0.6) is 5.75 Å². The number of ether oxygens (including phenoxy) is 1. The van der Waals surface area contributed by atoms with Crippen molar-refractivity contribution in [1.29, 1.82) is 0 Å². The lowest BCUT2D eigenvalue weighted by Gasteiger charge is -2.33. The van der Waals surface area contributed by atoms with Crippen molar-refractivity contribution in [3.63, 3.8) is 0 Å². The maximum Gasteiger partial charge on any atom is 0.121 e. The molecule has 0 amide bonds. The van der Waals surface area contributed by atoms with Crippen LogP contribution >= 0.6 is 0 Å². The van der Waals surface area contributed by atoms with Gasteiger partial charge in [-0.1, -0.05) is 72.8 Å². The molecule has 2 nitrogen and oxygen atoms in total. The van der Waals surface area contributed by atoms with E-state index in [4.69, 9.17) is 9.73 Å². The average Bonchev–Trinajstić information content (AvgIpc) is 3.03. The fraction of sp³-hybridized carbons (Fsp3) is 0.0870. The number of hydrogen-bond acceptors (Lipinski definition) is 2. The molecular formula is C23H17NO. The van der Waals surface area contributed by atoms with E-state index < -0.39 is 0 Å². The first-order chi connectivity index (χ1) is 12.3. The highest BCUT2D eigenvalue weighted by Gasteiger charge is 2.45. The summed E-state index contributed by atoms with van der Waals surface area (Å²) in [5, 5.41) is 0. The van der Waals surface area contributed by atoms with Gasteiger partial charge in [0.15, 0.2) is 0 Å². The van der Waals surface area contributed by atoms with Crippen LogP contribution < -0.4 is 4.74 Å². The summed E-state index contributed by atoms with van der Waals surface area (Å²) in [5.74, 6) is 0.835. The first-order valence-corrected chi connectivity index (χ1v) is 8.45. The van der Waals surface area contributed by atoms with Gasteiger partial charge in [-0.2, -0.15) is 0 Å². The fourth-order valence-electron chi connectivity index (χ4n) is 4.00. The van der Waals surface area contributed by atoms with Crippen molar-refractivity contribution in [2.75, 3.05) is 7.11 Å². The predicted octanol–water partition coefficient (Wildman–Crippen LogP) is 5.14. The van der Waals surface area contributed by atoms with Crippen molar-refractivity contribution in [3.05, 3.63) is 101 Å². The molecule has 3 aromatic rings. The minimum absolute atomic E-state index is 0.336. The van der Waals surface area contributed by atoms with E-state index in [1.807, 2.05) is 12.1 Å². The van der Waals surface area contributed by atoms with E-state index in [-0.39, 0.29) is 5.41 Å². The van der Waals surface area contributed by atoms with E-state index in [2.05, 4.69) is 72.8 Å². The van der Waals surface area contributed by atoms with Crippen LogP contribution in [0.4, 0.5) is 5.69 Å². The molecule has 0 spiro atoms. The number of hydrogen-bond donors (Lipinski definition) is 0. The fourth-order valence-corrected chi connectivity index (χ4v) is 4.00. The molecule has 0 unspecified atom stereocenters. The minimum Gasteiger partial charge on any atom is -0.497 e. The lowest BCUT2D eigenvalue weighted by molar-refractivity contribution is 0.415. The summed E-state index contributed by atoms with van der Waals surface area (Å²) in [6, 6.07) is 25.3. The van der Waals surface area contributed by atoms with Gasteiger partial charge in [0.25, 0.3) is 0 Å². The van der Waals surface area contributed by atoms with Gasteiger partial charge < -0.3 is 4.74 Å². The standard InChI is InChI=1S/C23H17NO/c1-25-18-11-12-20-21(15-18)24-22-19-10-6-5-7-16(19)13-14-23(20,22)17-8-3-2-4-9-17/h2-15H,1H3/t23-/m0/s1. The minimum atomic E-state index is -0.336. The summed E-state index contributed by atoms with van der Waals surface area (Å²) in [7, 11) is 1.69. The highest BCUT2D eigenvalue weighted by molar-refractivity contribution is 6.19. The Morgan fingerprint density at radius 1 is 0.880 bits per heavy atom. The van der Waals surface area contributed by atoms with Crippen LogP contribution in [0, 0.1) is 0 Å². The Kier molecular flexibility index (Phi) is 2.95. The number of nitrogens with zero attached hydrogens (tertiary/aromatic N) is 1. The van der Waals surface area contributed by atoms with Gasteiger partial charge in [-0.3, -0.25) is 4.99 Å². The van der Waals surface area contributed by atoms with Crippen LogP contribution in [0.2, 0.25) is 0 Å². The van der Waals surface area contributed by atoms with E-state index in [0.29, 0.717) is 0 Å². The lowest BCUT2D eigenvalue weighted by Crippen LogP contribution is -2.35. The van der Waals surface area contributed by atoms with Crippen molar-refractivity contribution in [3.8, 4) is 5.75 Å². The number of rotatable bonds is 2. The maximum atomic E-state index is 5.41. The molecule has 0 bridgehead atoms. The predicted molar refractivity (Wildman–Crippen MR) is 102 cm³/mol. The van der Waals surface area contributed by atoms with Gasteiger partial charge in [-0.25, -0.2) is 0 Å². The third-order valence-electron chi connectivity index (χ3n) is 5.19. The Hall–Kier alpha value is -3.13. The second-order valence-electron chi connectivity index (χ2n) is 6.44. The normalized spacial score (nSPS) is 19.6. The Bertz CT molecular complexity index is 1030. The maximum absolute atomic E-state index is 5.41. The summed E-state index contributed by atoms with van der Waals surface area (Å²) in [5.41, 5.74) is 6.61. The second-order valence-corrected chi connectivity index (χ2v) is 6.44. The molecule has 3 aromatic carbocycles. The summed E-state index contributed by atoms with van der Waals surface area (Å²) in [6.45, 7) is 0. The highest BCUT2D eigenvalue weighted by Crippen LogP contribution is 2.51. The molecule has 120 valence electrons. The second kappa shape index (κ2) is 5.18. The molecule has 25 heavy (non-hydrogen) atoms. The summed E-state index contributed by atoms with van der Waals surface area (Å²) >= 11 is 0. The molecular weight excluding hydrogens is 306 g/mol. The molecule has 1 aliphatic heterocycles. The number of fused-ring (bicyclic) bond motifs is 5. The molecule has 1 heterocycles. The first kappa shape index (κ1) is 14.2. The van der Waals surface area contributed by atoms with E-state index in [0.717, 1.165) is 17.1 Å². The highest BCUT2D eigenvalue weighted by atomic mass is 16.5. The van der Waals surface area contributed by atoms with Gasteiger partial charge in [0.2, 0.25) is 0 Å². The van der Waals surface area contributed by atoms with Gasteiger partial charge in [-0.05, 0) is 22.8 Å². The zero-order valence-electron chi connectivity index (χ0n) is 13.9. The third-order valence-corrected chi connectivity index (χ3v) is 5.19. The average molecular weight is 323 g/mol. The molecule has 0 saturated heterocycles. The van der Waals surface area contributed by atoms with Gasteiger partial charge in [0.05, 0.1) is 23.9 Å². The summed E-state index contributed by atoms with van der Waals surface area (Å²) < 4.78 is 5.41. The summed E-state index contributed by atoms with van der Waals surface area (Å²) in [6.07, 6.45) is 4.52. The van der Waals surface area contributed by atoms with Crippen molar-refractivity contribution in [1.82, 2.24) is 0 Å². The van der Waals surface area contributed by atoms with Gasteiger partial charge >= 0.3 is 0 Å². The van der Waals surface area contributed by atoms with Crippen LogP contribution in [0.25, 0.3) is 6.08 Å². The van der Waals surface area contributed by atoms with E-state index >= 15 is 0 Å². The Balaban J connectivity index is 1.85. The topological polar surface area (TPSA) is 21.6 Å². The van der Waals surface area contributed by atoms with Gasteiger partial charge in [0, 0.05) is 11.6 Å². The number of aliphatic imine (C=N–C) groups is 1. The monoisotopic (exact) mass is 323 g/mol. The van der Waals surface area contributed by atoms with Crippen LogP contribution in [0.15, 0.2) is 83.9 Å². The quantitative estimate of drug-likeness (QED) is 0.639. The molecule has 1 aliphatic carbocycles. The number of allylic oxidation sites excluding steroid dienone is 1. The molecule has 0 radical (unpaired) electrons. The van der Waals surface area contributed by atoms with Crippen molar-refractivity contribution in [2.45, 2.75) is 5.41 Å². The van der Waals surface area contributed by atoms with Crippen molar-refractivity contribution in [2.24, 2.45) is 4.99 Å². The molecule has 0 fully saturated rings. The third kappa shape index (κ3) is 1.88. The molecule has 2 aliphatic rings. The van der Waals surface area contributed by atoms with Crippen molar-refractivity contribution >= 4 is 17.5 Å². The van der Waals surface area contributed by atoms with Gasteiger partial charge in [0.1, 0.15) is 5.75 Å². The van der Waals surface area contributed by atoms with Crippen LogP contribution in [-0.2, 0) is 5.41 Å². The van der Waals surface area contributed by atoms with Crippen LogP contribution in [0.3, 0.4) is 0 Å². The van der Waals surface area contributed by atoms with Gasteiger partial charge in [-0.15, -0.1) is 0 Å². The zero-order valence-corrected chi connectivity index (χ0v) is 13.9. The largest absolute Gasteiger partial charge is 0.497 e. The van der Waals surface area contributed by atoms with E-state index in [1.165, 1.54) is 22.3 Å². The Labute approximate surface area is 147 Å². The smallest absolute Gasteiger partial charge is 0.121 e. The first-order valence-electron chi connectivity index (χ1n) is 8.45. The lowest BCUT2D eigenvalue weighted by atomic mass is 9.67. The molecule has 2 heteroatoms. The number of benzene rings is 3. The molecule has 1 atom stereocenters. The summed E-state index contributed by atoms with van der Waals surface area (Å²) in [4.78, 5) is 5.06. The molecule has 0 aromatic heterocycles. The Morgan fingerprint density at radius 2 is 1.68 bits per heavy atom. The Morgan fingerprint density at radius 3 is 2.52 bits per heavy atom. The van der Waals surface area contributed by atoms with E-state index in [9.17, 15) is 0 Å². The number of methoxy groups -OCH3 is 1. The van der Waals surface area contributed by atoms with Crippen molar-refractivity contribution < 1.29 is 4.74 Å². The van der Waals surface area contributed by atoms with Crippen LogP contribution in [-0.4, -0.2) is 12.8 Å². The SMILES string of the molecule is COc1ccc2c(c1)N=C1c3ccccc3C=C[C@@]12c1ccccc1. The molecule has 0 N–H and O–H groups in total. The molecule has 0 saturated carbocycles. The van der Waals surface area contributed by atoms with Crippen LogP contribution in [0.1, 0.15) is 22.3 Å². The van der Waals surface area contributed by atoms with E-state index in [1.54, 1.807) is 7.11 Å². The zero-order chi connectivity index (χ0) is 16.9.